The fourth-order valence-corrected chi connectivity index (χ4v) is 1.74. The molecule has 0 aromatic rings. The van der Waals surface area contributed by atoms with E-state index >= 15 is 0 Å². The van der Waals surface area contributed by atoms with Gasteiger partial charge >= 0.3 is 0 Å². The first-order valence-electron chi connectivity index (χ1n) is 6.88. The molecule has 96 valence electrons. The molecule has 16 heavy (non-hydrogen) atoms. The van der Waals surface area contributed by atoms with Gasteiger partial charge in [0.05, 0.1) is 0 Å². The van der Waals surface area contributed by atoms with Gasteiger partial charge in [0.15, 0.2) is 12.3 Å². The summed E-state index contributed by atoms with van der Waals surface area (Å²) < 4.78 is 1.09. The van der Waals surface area contributed by atoms with Gasteiger partial charge in [-0.3, -0.25) is 0 Å². The van der Waals surface area contributed by atoms with Crippen LogP contribution in [0.1, 0.15) is 72.6 Å². The fourth-order valence-electron chi connectivity index (χ4n) is 1.74. The lowest BCUT2D eigenvalue weighted by atomic mass is 10.0. The van der Waals surface area contributed by atoms with E-state index in [1.807, 2.05) is 20.1 Å². The van der Waals surface area contributed by atoms with Gasteiger partial charge in [-0.1, -0.05) is 52.4 Å². The average Bonchev–Trinajstić information content (AvgIpc) is 2.23. The molecule has 0 N–H and O–H groups in total. The number of nitrogens with zero attached hydrogens (tertiary/aromatic N) is 1. The Morgan fingerprint density at radius 3 is 2.12 bits per heavy atom. The van der Waals surface area contributed by atoms with E-state index in [1.54, 1.807) is 0 Å². The number of rotatable bonds is 9. The average molecular weight is 227 g/mol. The van der Waals surface area contributed by atoms with Crippen molar-refractivity contribution < 1.29 is 4.74 Å². The maximum atomic E-state index is 11.4. The topological polar surface area (TPSA) is 26.1 Å². The monoisotopic (exact) mass is 227 g/mol. The van der Waals surface area contributed by atoms with E-state index in [0.29, 0.717) is 5.92 Å². The zero-order valence-corrected chi connectivity index (χ0v) is 11.5. The van der Waals surface area contributed by atoms with Crippen molar-refractivity contribution in [2.24, 2.45) is 5.92 Å². The van der Waals surface area contributed by atoms with Crippen LogP contribution in [0.5, 0.6) is 0 Å². The highest BCUT2D eigenvalue weighted by molar-refractivity contribution is 5.54. The second-order valence-electron chi connectivity index (χ2n) is 5.14. The van der Waals surface area contributed by atoms with Crippen LogP contribution in [0.25, 0.3) is 0 Å². The van der Waals surface area contributed by atoms with Crippen molar-refractivity contribution in [2.45, 2.75) is 78.7 Å². The van der Waals surface area contributed by atoms with Gasteiger partial charge in [-0.25, -0.2) is 4.74 Å². The largest absolute Gasteiger partial charge is 0.624 e. The van der Waals surface area contributed by atoms with E-state index in [2.05, 4.69) is 13.8 Å². The molecule has 0 heterocycles. The summed E-state index contributed by atoms with van der Waals surface area (Å²) in [7, 11) is 0. The summed E-state index contributed by atoms with van der Waals surface area (Å²) in [5, 5.41) is 11.4. The van der Waals surface area contributed by atoms with Crippen LogP contribution in [0.2, 0.25) is 0 Å². The van der Waals surface area contributed by atoms with E-state index in [-0.39, 0.29) is 6.04 Å². The standard InChI is InChI=1S/C14H29NO/c1-5-6-7-8-9-10-11-14(4)12-15(16)13(2)3/h12-14H,5-11H2,1-4H3/b15-12+. The molecule has 0 rings (SSSR count). The summed E-state index contributed by atoms with van der Waals surface area (Å²) in [5.74, 6) is 0.422. The van der Waals surface area contributed by atoms with Gasteiger partial charge in [0, 0.05) is 5.92 Å². The highest BCUT2D eigenvalue weighted by Gasteiger charge is 2.05. The minimum absolute atomic E-state index is 0.0759. The molecule has 0 aliphatic heterocycles. The molecule has 0 radical (unpaired) electrons. The summed E-state index contributed by atoms with van der Waals surface area (Å²) in [6.45, 7) is 8.24. The van der Waals surface area contributed by atoms with Crippen LogP contribution in [0.4, 0.5) is 0 Å². The molecule has 0 amide bonds. The fraction of sp³-hybridized carbons (Fsp3) is 0.929. The number of hydrogen-bond donors (Lipinski definition) is 0. The van der Waals surface area contributed by atoms with Gasteiger partial charge < -0.3 is 5.21 Å². The van der Waals surface area contributed by atoms with Crippen LogP contribution in [0.15, 0.2) is 0 Å². The molecule has 0 aliphatic rings. The third-order valence-electron chi connectivity index (χ3n) is 2.92. The Bertz CT molecular complexity index is 187. The Kier molecular flexibility index (Phi) is 9.36. The van der Waals surface area contributed by atoms with Crippen LogP contribution >= 0.6 is 0 Å². The van der Waals surface area contributed by atoms with E-state index in [0.717, 1.165) is 11.2 Å². The van der Waals surface area contributed by atoms with E-state index in [1.165, 1.54) is 38.5 Å². The molecule has 0 bridgehead atoms. The van der Waals surface area contributed by atoms with Crippen LogP contribution in [-0.4, -0.2) is 17.0 Å². The van der Waals surface area contributed by atoms with Crippen molar-refractivity contribution in [1.29, 1.82) is 0 Å². The molecule has 1 unspecified atom stereocenters. The van der Waals surface area contributed by atoms with Crippen LogP contribution in [-0.2, 0) is 0 Å². The predicted molar refractivity (Wildman–Crippen MR) is 72.0 cm³/mol. The van der Waals surface area contributed by atoms with Gasteiger partial charge in [0.1, 0.15) is 0 Å². The van der Waals surface area contributed by atoms with Gasteiger partial charge in [-0.2, -0.15) is 0 Å². The molecule has 0 saturated heterocycles. The van der Waals surface area contributed by atoms with Crippen LogP contribution in [0.3, 0.4) is 0 Å². The molecule has 0 saturated carbocycles. The zero-order chi connectivity index (χ0) is 12.4. The molecule has 0 aromatic heterocycles. The Hall–Kier alpha value is -0.530. The van der Waals surface area contributed by atoms with E-state index in [4.69, 9.17) is 0 Å². The molecular weight excluding hydrogens is 198 g/mol. The Morgan fingerprint density at radius 2 is 1.56 bits per heavy atom. The summed E-state index contributed by atoms with van der Waals surface area (Å²) in [6.07, 6.45) is 11.0. The lowest BCUT2D eigenvalue weighted by molar-refractivity contribution is -0.489. The maximum absolute atomic E-state index is 11.4. The van der Waals surface area contributed by atoms with Crippen LogP contribution < -0.4 is 0 Å². The van der Waals surface area contributed by atoms with Gasteiger partial charge in [-0.05, 0) is 20.3 Å². The van der Waals surface area contributed by atoms with Crippen LogP contribution in [0, 0.1) is 11.1 Å². The molecule has 0 spiro atoms. The maximum Gasteiger partial charge on any atom is 0.157 e. The highest BCUT2D eigenvalue weighted by atomic mass is 16.5. The first-order valence-corrected chi connectivity index (χ1v) is 6.88. The van der Waals surface area contributed by atoms with E-state index in [9.17, 15) is 5.21 Å². The predicted octanol–water partition coefficient (Wildman–Crippen LogP) is 4.36. The SMILES string of the molecule is CCCCCCCCC(C)/C=[N+](/[O-])C(C)C. The lowest BCUT2D eigenvalue weighted by Crippen LogP contribution is -2.17. The van der Waals surface area contributed by atoms with E-state index < -0.39 is 0 Å². The Balaban J connectivity index is 3.50. The first-order chi connectivity index (χ1) is 7.57. The second kappa shape index (κ2) is 9.68. The van der Waals surface area contributed by atoms with Crippen molar-refractivity contribution in [3.63, 3.8) is 0 Å². The molecular formula is C14H29NO. The Labute approximate surface area is 101 Å². The summed E-state index contributed by atoms with van der Waals surface area (Å²) in [5.41, 5.74) is 0. The molecule has 0 fully saturated rings. The van der Waals surface area contributed by atoms with Crippen molar-refractivity contribution in [1.82, 2.24) is 0 Å². The minimum atomic E-state index is 0.0759. The second-order valence-corrected chi connectivity index (χ2v) is 5.14. The lowest BCUT2D eigenvalue weighted by Gasteiger charge is -2.10. The number of hydrogen-bond acceptors (Lipinski definition) is 1. The number of hydroxylamine groups is 1. The third-order valence-corrected chi connectivity index (χ3v) is 2.92. The van der Waals surface area contributed by atoms with Gasteiger partial charge in [0.2, 0.25) is 0 Å². The van der Waals surface area contributed by atoms with Crippen molar-refractivity contribution in [3.8, 4) is 0 Å². The molecule has 0 aromatic carbocycles. The molecule has 0 aliphatic carbocycles. The molecule has 1 atom stereocenters. The Morgan fingerprint density at radius 1 is 1.00 bits per heavy atom. The molecule has 2 nitrogen and oxygen atoms in total. The summed E-state index contributed by atoms with van der Waals surface area (Å²) in [4.78, 5) is 0. The van der Waals surface area contributed by atoms with Crippen molar-refractivity contribution in [3.05, 3.63) is 5.21 Å². The van der Waals surface area contributed by atoms with Gasteiger partial charge in [0.25, 0.3) is 0 Å². The molecule has 2 heteroatoms. The quantitative estimate of drug-likeness (QED) is 0.189. The number of unbranched alkanes of at least 4 members (excludes halogenated alkanes) is 5. The van der Waals surface area contributed by atoms with Crippen molar-refractivity contribution in [2.75, 3.05) is 0 Å². The summed E-state index contributed by atoms with van der Waals surface area (Å²) in [6, 6.07) is 0.0759. The highest BCUT2D eigenvalue weighted by Crippen LogP contribution is 2.10. The smallest absolute Gasteiger partial charge is 0.157 e. The van der Waals surface area contributed by atoms with Crippen molar-refractivity contribution >= 4 is 6.21 Å². The first kappa shape index (κ1) is 15.5. The minimum Gasteiger partial charge on any atom is -0.624 e. The zero-order valence-electron chi connectivity index (χ0n) is 11.5. The van der Waals surface area contributed by atoms with Gasteiger partial charge in [-0.15, -0.1) is 0 Å². The summed E-state index contributed by atoms with van der Waals surface area (Å²) >= 11 is 0. The normalized spacial score (nSPS) is 14.4. The third kappa shape index (κ3) is 8.75.